The van der Waals surface area contributed by atoms with Crippen LogP contribution in [0.4, 0.5) is 0 Å². The first-order chi connectivity index (χ1) is 14.7. The molecule has 2 saturated heterocycles. The van der Waals surface area contributed by atoms with Crippen LogP contribution in [0.15, 0.2) is 29.6 Å². The Bertz CT molecular complexity index is 829. The van der Waals surface area contributed by atoms with E-state index in [0.717, 1.165) is 75.3 Å². The summed E-state index contributed by atoms with van der Waals surface area (Å²) in [5.41, 5.74) is 3.24. The molecule has 0 atom stereocenters. The Kier molecular flexibility index (Phi) is 7.46. The Morgan fingerprint density at radius 1 is 1.10 bits per heavy atom. The van der Waals surface area contributed by atoms with Gasteiger partial charge in [-0.25, -0.2) is 4.98 Å². The van der Waals surface area contributed by atoms with Crippen molar-refractivity contribution < 1.29 is 14.6 Å². The smallest absolute Gasteiger partial charge is 0.228 e. The molecule has 0 radical (unpaired) electrons. The van der Waals surface area contributed by atoms with E-state index in [4.69, 9.17) is 14.8 Å². The van der Waals surface area contributed by atoms with Gasteiger partial charge >= 0.3 is 0 Å². The lowest BCUT2D eigenvalue weighted by atomic mass is 10.1. The highest BCUT2D eigenvalue weighted by molar-refractivity contribution is 7.13. The maximum absolute atomic E-state index is 12.7. The lowest BCUT2D eigenvalue weighted by molar-refractivity contribution is -0.132. The van der Waals surface area contributed by atoms with Crippen molar-refractivity contribution in [3.05, 3.63) is 40.9 Å². The normalized spacial score (nSPS) is 18.6. The number of carbonyl (C=O) groups is 1. The molecule has 0 aliphatic carbocycles. The van der Waals surface area contributed by atoms with Crippen molar-refractivity contribution in [3.63, 3.8) is 0 Å². The van der Waals surface area contributed by atoms with Crippen molar-refractivity contribution in [1.29, 1.82) is 0 Å². The van der Waals surface area contributed by atoms with Gasteiger partial charge in [0.15, 0.2) is 0 Å². The molecule has 0 saturated carbocycles. The summed E-state index contributed by atoms with van der Waals surface area (Å²) < 4.78 is 5.43. The number of hydrogen-bond donors (Lipinski definition) is 1. The number of amides is 1. The van der Waals surface area contributed by atoms with Crippen LogP contribution in [0.3, 0.4) is 0 Å². The van der Waals surface area contributed by atoms with Crippen molar-refractivity contribution >= 4 is 17.2 Å². The number of piperazine rings is 1. The molecule has 162 valence electrons. The van der Waals surface area contributed by atoms with Crippen LogP contribution in [0.1, 0.15) is 11.3 Å². The average molecular weight is 431 g/mol. The van der Waals surface area contributed by atoms with Gasteiger partial charge in [-0.15, -0.1) is 11.3 Å². The molecule has 1 aromatic heterocycles. The number of hydrogen-bond acceptors (Lipinski definition) is 7. The minimum atomic E-state index is 0.136. The number of ether oxygens (including phenoxy) is 1. The third-order valence-corrected chi connectivity index (χ3v) is 6.65. The number of nitrogens with zero attached hydrogens (tertiary/aromatic N) is 4. The van der Waals surface area contributed by atoms with E-state index in [1.54, 1.807) is 11.3 Å². The fraction of sp³-hybridized carbons (Fsp3) is 0.545. The first-order valence-corrected chi connectivity index (χ1v) is 11.5. The Balaban J connectivity index is 1.33. The maximum Gasteiger partial charge on any atom is 0.228 e. The number of thiazole rings is 1. The topological polar surface area (TPSA) is 69.1 Å². The highest BCUT2D eigenvalue weighted by atomic mass is 32.1. The van der Waals surface area contributed by atoms with Crippen LogP contribution in [0.5, 0.6) is 0 Å². The number of aliphatic hydroxyl groups is 1. The monoisotopic (exact) mass is 430 g/mol. The van der Waals surface area contributed by atoms with Gasteiger partial charge in [-0.1, -0.05) is 18.2 Å². The molecule has 1 amide bonds. The summed E-state index contributed by atoms with van der Waals surface area (Å²) in [6.45, 7) is 8.43. The van der Waals surface area contributed by atoms with Crippen molar-refractivity contribution in [1.82, 2.24) is 19.7 Å². The number of rotatable bonds is 7. The molecule has 8 heteroatoms. The highest BCUT2D eigenvalue weighted by Crippen LogP contribution is 2.25. The van der Waals surface area contributed by atoms with Gasteiger partial charge in [-0.3, -0.25) is 14.6 Å². The van der Waals surface area contributed by atoms with Gasteiger partial charge in [0.05, 0.1) is 31.9 Å². The van der Waals surface area contributed by atoms with Crippen molar-refractivity contribution in [2.45, 2.75) is 13.0 Å². The Morgan fingerprint density at radius 3 is 2.67 bits per heavy atom. The Hall–Kier alpha value is -1.84. The summed E-state index contributed by atoms with van der Waals surface area (Å²) in [6.07, 6.45) is 0.351. The molecule has 1 N–H and O–H groups in total. The van der Waals surface area contributed by atoms with Gasteiger partial charge in [-0.05, 0) is 11.6 Å². The third-order valence-electron chi connectivity index (χ3n) is 5.71. The standard InChI is InChI=1S/C22H30N4O3S/c27-11-8-24-4-6-26(7-5-24)21(28)15-20-17-30-22(23-20)19-3-1-2-18(14-19)16-25-9-12-29-13-10-25/h1-3,14,17,27H,4-13,15-16H2. The first kappa shape index (κ1) is 21.4. The van der Waals surface area contributed by atoms with Crippen LogP contribution in [-0.4, -0.2) is 96.3 Å². The summed E-state index contributed by atoms with van der Waals surface area (Å²) in [5.74, 6) is 0.136. The predicted octanol–water partition coefficient (Wildman–Crippen LogP) is 1.32. The number of carbonyl (C=O) groups excluding carboxylic acids is 1. The van der Waals surface area contributed by atoms with Gasteiger partial charge < -0.3 is 14.7 Å². The summed E-state index contributed by atoms with van der Waals surface area (Å²) in [7, 11) is 0. The van der Waals surface area contributed by atoms with Gasteiger partial charge in [0, 0.05) is 63.3 Å². The van der Waals surface area contributed by atoms with Crippen LogP contribution in [0.25, 0.3) is 10.6 Å². The van der Waals surface area contributed by atoms with Crippen molar-refractivity contribution in [2.75, 3.05) is 65.6 Å². The number of β-amino-alcohol motifs (C(OH)–C–C–N with tert-alkyl or cyclic N) is 1. The van der Waals surface area contributed by atoms with Crippen LogP contribution in [-0.2, 0) is 22.5 Å². The van der Waals surface area contributed by atoms with E-state index >= 15 is 0 Å². The molecular weight excluding hydrogens is 400 g/mol. The van der Waals surface area contributed by atoms with E-state index in [2.05, 4.69) is 34.1 Å². The highest BCUT2D eigenvalue weighted by Gasteiger charge is 2.21. The summed E-state index contributed by atoms with van der Waals surface area (Å²) >= 11 is 1.60. The van der Waals surface area contributed by atoms with E-state index in [-0.39, 0.29) is 12.5 Å². The number of benzene rings is 1. The first-order valence-electron chi connectivity index (χ1n) is 10.7. The molecule has 3 heterocycles. The Labute approximate surface area is 181 Å². The fourth-order valence-electron chi connectivity index (χ4n) is 3.97. The zero-order valence-corrected chi connectivity index (χ0v) is 18.1. The van der Waals surface area contributed by atoms with E-state index < -0.39 is 0 Å². The molecule has 0 bridgehead atoms. The molecule has 2 aliphatic rings. The van der Waals surface area contributed by atoms with E-state index in [1.807, 2.05) is 10.3 Å². The van der Waals surface area contributed by atoms with Crippen LogP contribution in [0, 0.1) is 0 Å². The number of aromatic nitrogens is 1. The second-order valence-electron chi connectivity index (χ2n) is 7.86. The zero-order valence-electron chi connectivity index (χ0n) is 17.3. The lowest BCUT2D eigenvalue weighted by Gasteiger charge is -2.34. The van der Waals surface area contributed by atoms with Gasteiger partial charge in [0.25, 0.3) is 0 Å². The minimum absolute atomic E-state index is 0.136. The fourth-order valence-corrected chi connectivity index (χ4v) is 4.79. The van der Waals surface area contributed by atoms with E-state index in [0.29, 0.717) is 13.0 Å². The van der Waals surface area contributed by atoms with Crippen molar-refractivity contribution in [2.24, 2.45) is 0 Å². The molecule has 0 unspecified atom stereocenters. The van der Waals surface area contributed by atoms with Gasteiger partial charge in [0.1, 0.15) is 5.01 Å². The van der Waals surface area contributed by atoms with E-state index in [1.165, 1.54) is 5.56 Å². The molecule has 30 heavy (non-hydrogen) atoms. The summed E-state index contributed by atoms with van der Waals surface area (Å²) in [6, 6.07) is 8.55. The zero-order chi connectivity index (χ0) is 20.8. The molecule has 7 nitrogen and oxygen atoms in total. The van der Waals surface area contributed by atoms with Gasteiger partial charge in [-0.2, -0.15) is 0 Å². The van der Waals surface area contributed by atoms with Gasteiger partial charge in [0.2, 0.25) is 5.91 Å². The summed E-state index contributed by atoms with van der Waals surface area (Å²) in [4.78, 5) is 23.9. The average Bonchev–Trinajstić information content (AvgIpc) is 3.24. The number of morpholine rings is 1. The molecule has 0 spiro atoms. The molecule has 4 rings (SSSR count). The third kappa shape index (κ3) is 5.65. The molecule has 2 fully saturated rings. The summed E-state index contributed by atoms with van der Waals surface area (Å²) in [5, 5.41) is 12.0. The Morgan fingerprint density at radius 2 is 1.90 bits per heavy atom. The quantitative estimate of drug-likeness (QED) is 0.715. The lowest BCUT2D eigenvalue weighted by Crippen LogP contribution is -2.49. The predicted molar refractivity (Wildman–Crippen MR) is 117 cm³/mol. The second kappa shape index (κ2) is 10.5. The van der Waals surface area contributed by atoms with Crippen LogP contribution < -0.4 is 0 Å². The largest absolute Gasteiger partial charge is 0.395 e. The number of aliphatic hydroxyl groups excluding tert-OH is 1. The van der Waals surface area contributed by atoms with Crippen LogP contribution in [0.2, 0.25) is 0 Å². The van der Waals surface area contributed by atoms with Crippen LogP contribution >= 0.6 is 11.3 Å². The van der Waals surface area contributed by atoms with Crippen molar-refractivity contribution in [3.8, 4) is 10.6 Å². The molecular formula is C22H30N4O3S. The molecule has 2 aromatic rings. The minimum Gasteiger partial charge on any atom is -0.395 e. The SMILES string of the molecule is O=C(Cc1csc(-c2cccc(CN3CCOCC3)c2)n1)N1CCN(CCO)CC1. The molecule has 2 aliphatic heterocycles. The second-order valence-corrected chi connectivity index (χ2v) is 8.71. The van der Waals surface area contributed by atoms with E-state index in [9.17, 15) is 4.79 Å². The maximum atomic E-state index is 12.7. The molecule has 1 aromatic carbocycles.